The van der Waals surface area contributed by atoms with Crippen molar-refractivity contribution in [1.29, 1.82) is 0 Å². The molecule has 1 aliphatic heterocycles. The first-order valence-corrected chi connectivity index (χ1v) is 8.33. The number of hydrogen-bond acceptors (Lipinski definition) is 2. The van der Waals surface area contributed by atoms with E-state index in [9.17, 15) is 0 Å². The maximum Gasteiger partial charge on any atom is 0.0595 e. The van der Waals surface area contributed by atoms with Crippen LogP contribution in [0.25, 0.3) is 0 Å². The van der Waals surface area contributed by atoms with E-state index in [0.717, 1.165) is 13.1 Å². The Labute approximate surface area is 132 Å². The third kappa shape index (κ3) is 4.92. The molecule has 1 aromatic rings. The zero-order valence-corrected chi connectivity index (χ0v) is 13.7. The molecule has 112 valence electrons. The smallest absolute Gasteiger partial charge is 0.0595 e. The minimum atomic E-state index is 0.303. The molecule has 1 fully saturated rings. The van der Waals surface area contributed by atoms with Crippen molar-refractivity contribution in [2.24, 2.45) is 0 Å². The zero-order valence-electron chi connectivity index (χ0n) is 12.2. The van der Waals surface area contributed by atoms with Gasteiger partial charge in [-0.2, -0.15) is 0 Å². The standard InChI is InChI=1S/C16H24Cl2N2/c1-13(14-6-7-15(17)16(18)12-14)19-8-11-20-9-4-2-3-5-10-20/h6-7,12-13,19H,2-5,8-11H2,1H3. The monoisotopic (exact) mass is 314 g/mol. The molecule has 1 N–H and O–H groups in total. The molecule has 2 rings (SSSR count). The van der Waals surface area contributed by atoms with E-state index in [0.29, 0.717) is 16.1 Å². The summed E-state index contributed by atoms with van der Waals surface area (Å²) in [6.45, 7) is 6.82. The Hall–Kier alpha value is -0.280. The molecular formula is C16H24Cl2N2. The van der Waals surface area contributed by atoms with E-state index in [2.05, 4.69) is 17.1 Å². The average Bonchev–Trinajstić information content (AvgIpc) is 2.70. The van der Waals surface area contributed by atoms with E-state index >= 15 is 0 Å². The van der Waals surface area contributed by atoms with E-state index in [1.807, 2.05) is 18.2 Å². The molecular weight excluding hydrogens is 291 g/mol. The molecule has 0 bridgehead atoms. The van der Waals surface area contributed by atoms with Crippen molar-refractivity contribution in [2.75, 3.05) is 26.2 Å². The summed E-state index contributed by atoms with van der Waals surface area (Å²) in [5.41, 5.74) is 1.19. The topological polar surface area (TPSA) is 15.3 Å². The Morgan fingerprint density at radius 2 is 1.80 bits per heavy atom. The van der Waals surface area contributed by atoms with Crippen LogP contribution in [0.1, 0.15) is 44.2 Å². The molecule has 0 spiro atoms. The summed E-state index contributed by atoms with van der Waals surface area (Å²) in [5, 5.41) is 4.82. The lowest BCUT2D eigenvalue weighted by Crippen LogP contribution is -2.33. The van der Waals surface area contributed by atoms with Crippen molar-refractivity contribution >= 4 is 23.2 Å². The first kappa shape index (κ1) is 16.1. The minimum absolute atomic E-state index is 0.303. The van der Waals surface area contributed by atoms with Crippen LogP contribution in [0.3, 0.4) is 0 Å². The fourth-order valence-corrected chi connectivity index (χ4v) is 3.01. The van der Waals surface area contributed by atoms with E-state index in [4.69, 9.17) is 23.2 Å². The van der Waals surface area contributed by atoms with Crippen LogP contribution >= 0.6 is 23.2 Å². The van der Waals surface area contributed by atoms with Crippen LogP contribution in [-0.2, 0) is 0 Å². The highest BCUT2D eigenvalue weighted by atomic mass is 35.5. The van der Waals surface area contributed by atoms with Gasteiger partial charge in [0.05, 0.1) is 10.0 Å². The van der Waals surface area contributed by atoms with Crippen LogP contribution in [0.4, 0.5) is 0 Å². The van der Waals surface area contributed by atoms with Gasteiger partial charge < -0.3 is 10.2 Å². The van der Waals surface area contributed by atoms with E-state index in [1.54, 1.807) is 0 Å². The van der Waals surface area contributed by atoms with Gasteiger partial charge in [-0.3, -0.25) is 0 Å². The molecule has 1 heterocycles. The van der Waals surface area contributed by atoms with E-state index in [1.165, 1.54) is 44.3 Å². The highest BCUT2D eigenvalue weighted by molar-refractivity contribution is 6.42. The third-order valence-corrected chi connectivity index (χ3v) is 4.76. The lowest BCUT2D eigenvalue weighted by atomic mass is 10.1. The van der Waals surface area contributed by atoms with Gasteiger partial charge in [0.2, 0.25) is 0 Å². The number of benzene rings is 1. The van der Waals surface area contributed by atoms with Gasteiger partial charge in [0.25, 0.3) is 0 Å². The molecule has 0 saturated carbocycles. The van der Waals surface area contributed by atoms with Crippen LogP contribution in [0.15, 0.2) is 18.2 Å². The summed E-state index contributed by atoms with van der Waals surface area (Å²) in [4.78, 5) is 2.57. The van der Waals surface area contributed by atoms with Gasteiger partial charge in [0.15, 0.2) is 0 Å². The summed E-state index contributed by atoms with van der Waals surface area (Å²) in [5.74, 6) is 0. The molecule has 0 radical (unpaired) electrons. The summed E-state index contributed by atoms with van der Waals surface area (Å²) in [6.07, 6.45) is 5.48. The number of halogens is 2. The number of hydrogen-bond donors (Lipinski definition) is 1. The average molecular weight is 315 g/mol. The van der Waals surface area contributed by atoms with Gasteiger partial charge in [-0.15, -0.1) is 0 Å². The van der Waals surface area contributed by atoms with Crippen molar-refractivity contribution in [3.63, 3.8) is 0 Å². The third-order valence-electron chi connectivity index (χ3n) is 4.02. The summed E-state index contributed by atoms with van der Waals surface area (Å²) in [7, 11) is 0. The molecule has 1 aliphatic rings. The fourth-order valence-electron chi connectivity index (χ4n) is 2.70. The van der Waals surface area contributed by atoms with E-state index < -0.39 is 0 Å². The van der Waals surface area contributed by atoms with Crippen molar-refractivity contribution < 1.29 is 0 Å². The first-order valence-electron chi connectivity index (χ1n) is 7.57. The predicted molar refractivity (Wildman–Crippen MR) is 87.8 cm³/mol. The number of rotatable bonds is 5. The highest BCUT2D eigenvalue weighted by Gasteiger charge is 2.10. The van der Waals surface area contributed by atoms with Gasteiger partial charge in [-0.25, -0.2) is 0 Å². The van der Waals surface area contributed by atoms with Crippen molar-refractivity contribution in [3.05, 3.63) is 33.8 Å². The molecule has 0 aliphatic carbocycles. The van der Waals surface area contributed by atoms with Crippen LogP contribution in [0.5, 0.6) is 0 Å². The summed E-state index contributed by atoms with van der Waals surface area (Å²) in [6, 6.07) is 6.16. The second kappa shape index (κ2) is 8.23. The maximum absolute atomic E-state index is 6.06. The molecule has 1 atom stereocenters. The van der Waals surface area contributed by atoms with Crippen molar-refractivity contribution in [1.82, 2.24) is 10.2 Å². The molecule has 20 heavy (non-hydrogen) atoms. The quantitative estimate of drug-likeness (QED) is 0.859. The summed E-state index contributed by atoms with van der Waals surface area (Å²) >= 11 is 12.0. The van der Waals surface area contributed by atoms with E-state index in [-0.39, 0.29) is 0 Å². The van der Waals surface area contributed by atoms with Crippen LogP contribution in [-0.4, -0.2) is 31.1 Å². The Balaban J connectivity index is 1.76. The lowest BCUT2D eigenvalue weighted by Gasteiger charge is -2.22. The fraction of sp³-hybridized carbons (Fsp3) is 0.625. The van der Waals surface area contributed by atoms with Gasteiger partial charge in [0, 0.05) is 19.1 Å². The normalized spacial score (nSPS) is 18.8. The second-order valence-electron chi connectivity index (χ2n) is 5.61. The molecule has 1 unspecified atom stereocenters. The second-order valence-corrected chi connectivity index (χ2v) is 6.42. The Morgan fingerprint density at radius 3 is 2.45 bits per heavy atom. The van der Waals surface area contributed by atoms with Gasteiger partial charge in [-0.05, 0) is 50.6 Å². The predicted octanol–water partition coefficient (Wildman–Crippen LogP) is 4.52. The lowest BCUT2D eigenvalue weighted by molar-refractivity contribution is 0.280. The van der Waals surface area contributed by atoms with Crippen molar-refractivity contribution in [2.45, 2.75) is 38.6 Å². The van der Waals surface area contributed by atoms with Gasteiger partial charge in [-0.1, -0.05) is 42.1 Å². The highest BCUT2D eigenvalue weighted by Crippen LogP contribution is 2.25. The Kier molecular flexibility index (Phi) is 6.63. The van der Waals surface area contributed by atoms with Crippen LogP contribution < -0.4 is 5.32 Å². The number of likely N-dealkylation sites (tertiary alicyclic amines) is 1. The van der Waals surface area contributed by atoms with Crippen LogP contribution in [0.2, 0.25) is 10.0 Å². The van der Waals surface area contributed by atoms with Crippen molar-refractivity contribution in [3.8, 4) is 0 Å². The van der Waals surface area contributed by atoms with Gasteiger partial charge >= 0.3 is 0 Å². The molecule has 1 saturated heterocycles. The Morgan fingerprint density at radius 1 is 1.10 bits per heavy atom. The SMILES string of the molecule is CC(NCCN1CCCCCC1)c1ccc(Cl)c(Cl)c1. The molecule has 0 amide bonds. The van der Waals surface area contributed by atoms with Crippen LogP contribution in [0, 0.1) is 0 Å². The molecule has 0 aromatic heterocycles. The first-order chi connectivity index (χ1) is 9.66. The van der Waals surface area contributed by atoms with Gasteiger partial charge in [0.1, 0.15) is 0 Å². The number of nitrogens with one attached hydrogen (secondary N) is 1. The molecule has 2 nitrogen and oxygen atoms in total. The zero-order chi connectivity index (χ0) is 14.4. The summed E-state index contributed by atoms with van der Waals surface area (Å²) < 4.78 is 0. The number of nitrogens with zero attached hydrogens (tertiary/aromatic N) is 1. The largest absolute Gasteiger partial charge is 0.309 e. The minimum Gasteiger partial charge on any atom is -0.309 e. The Bertz CT molecular complexity index is 415. The maximum atomic E-state index is 6.06. The molecule has 1 aromatic carbocycles. The molecule has 4 heteroatoms.